The van der Waals surface area contributed by atoms with Gasteiger partial charge < -0.3 is 11.1 Å². The summed E-state index contributed by atoms with van der Waals surface area (Å²) in [6.45, 7) is 4.10. The standard InChI is InChI=1S/C15H17ClN4O2/c1-3-20-9-10(8-18-20)13(21)19-15(2,14(17)22)11-5-4-6-12(16)7-11/h4-9H,3H2,1-2H3,(H2,17,22)(H,19,21)/t15-/m0/s1. The topological polar surface area (TPSA) is 90.0 Å². The average molecular weight is 321 g/mol. The lowest BCUT2D eigenvalue weighted by Gasteiger charge is -2.28. The maximum Gasteiger partial charge on any atom is 0.255 e. The minimum Gasteiger partial charge on any atom is -0.367 e. The van der Waals surface area contributed by atoms with Crippen molar-refractivity contribution >= 4 is 23.4 Å². The molecule has 22 heavy (non-hydrogen) atoms. The molecular formula is C15H17ClN4O2. The third-order valence-electron chi connectivity index (χ3n) is 3.48. The highest BCUT2D eigenvalue weighted by atomic mass is 35.5. The van der Waals surface area contributed by atoms with E-state index in [1.807, 2.05) is 6.92 Å². The zero-order valence-electron chi connectivity index (χ0n) is 12.3. The Labute approximate surface area is 133 Å². The zero-order chi connectivity index (χ0) is 16.3. The molecule has 2 aromatic rings. The lowest BCUT2D eigenvalue weighted by molar-refractivity contribution is -0.123. The Morgan fingerprint density at radius 3 is 2.73 bits per heavy atom. The van der Waals surface area contributed by atoms with E-state index < -0.39 is 17.4 Å². The van der Waals surface area contributed by atoms with Crippen LogP contribution in [-0.2, 0) is 16.9 Å². The van der Waals surface area contributed by atoms with Crippen LogP contribution in [0.1, 0.15) is 29.8 Å². The van der Waals surface area contributed by atoms with Crippen molar-refractivity contribution in [3.05, 3.63) is 52.8 Å². The van der Waals surface area contributed by atoms with Crippen LogP contribution in [0.3, 0.4) is 0 Å². The van der Waals surface area contributed by atoms with Crippen LogP contribution >= 0.6 is 11.6 Å². The number of nitrogens with two attached hydrogens (primary N) is 1. The highest BCUT2D eigenvalue weighted by Gasteiger charge is 2.35. The number of hydrogen-bond donors (Lipinski definition) is 2. The van der Waals surface area contributed by atoms with Gasteiger partial charge in [0.05, 0.1) is 11.8 Å². The molecule has 0 unspecified atom stereocenters. The second kappa shape index (κ2) is 6.19. The Bertz CT molecular complexity index is 713. The van der Waals surface area contributed by atoms with Crippen molar-refractivity contribution in [3.8, 4) is 0 Å². The van der Waals surface area contributed by atoms with Gasteiger partial charge in [0, 0.05) is 17.8 Å². The van der Waals surface area contributed by atoms with Crippen molar-refractivity contribution in [2.45, 2.75) is 25.9 Å². The number of aromatic nitrogens is 2. The number of carbonyl (C=O) groups excluding carboxylic acids is 2. The molecule has 7 heteroatoms. The van der Waals surface area contributed by atoms with Crippen molar-refractivity contribution in [2.75, 3.05) is 0 Å². The van der Waals surface area contributed by atoms with Crippen LogP contribution in [0.4, 0.5) is 0 Å². The summed E-state index contributed by atoms with van der Waals surface area (Å²) >= 11 is 5.95. The fourth-order valence-electron chi connectivity index (χ4n) is 2.03. The lowest BCUT2D eigenvalue weighted by atomic mass is 9.91. The van der Waals surface area contributed by atoms with Crippen LogP contribution in [0, 0.1) is 0 Å². The first-order valence-corrected chi connectivity index (χ1v) is 7.15. The Kier molecular flexibility index (Phi) is 4.51. The van der Waals surface area contributed by atoms with Gasteiger partial charge in [0.2, 0.25) is 5.91 Å². The molecule has 1 heterocycles. The van der Waals surface area contributed by atoms with Crippen molar-refractivity contribution in [1.29, 1.82) is 0 Å². The number of nitrogens with zero attached hydrogens (tertiary/aromatic N) is 2. The first-order valence-electron chi connectivity index (χ1n) is 6.77. The number of aryl methyl sites for hydroxylation is 1. The number of benzene rings is 1. The Hall–Kier alpha value is -2.34. The molecule has 6 nitrogen and oxygen atoms in total. The van der Waals surface area contributed by atoms with Crippen LogP contribution < -0.4 is 11.1 Å². The van der Waals surface area contributed by atoms with E-state index in [1.165, 1.54) is 6.20 Å². The normalized spacial score (nSPS) is 13.4. The second-order valence-corrected chi connectivity index (χ2v) is 5.47. The molecule has 1 aromatic heterocycles. The van der Waals surface area contributed by atoms with Gasteiger partial charge in [0.25, 0.3) is 5.91 Å². The number of amides is 2. The molecule has 0 bridgehead atoms. The van der Waals surface area contributed by atoms with E-state index in [2.05, 4.69) is 10.4 Å². The quantitative estimate of drug-likeness (QED) is 0.878. The number of halogens is 1. The Morgan fingerprint density at radius 1 is 1.45 bits per heavy atom. The molecule has 2 rings (SSSR count). The average Bonchev–Trinajstić information content (AvgIpc) is 2.96. The fourth-order valence-corrected chi connectivity index (χ4v) is 2.22. The van der Waals surface area contributed by atoms with Gasteiger partial charge in [0.15, 0.2) is 0 Å². The van der Waals surface area contributed by atoms with E-state index in [0.717, 1.165) is 0 Å². The molecule has 116 valence electrons. The van der Waals surface area contributed by atoms with Crippen LogP contribution in [0.25, 0.3) is 0 Å². The third kappa shape index (κ3) is 3.12. The smallest absolute Gasteiger partial charge is 0.255 e. The fraction of sp³-hybridized carbons (Fsp3) is 0.267. The molecule has 0 aliphatic heterocycles. The summed E-state index contributed by atoms with van der Waals surface area (Å²) in [5.74, 6) is -1.10. The summed E-state index contributed by atoms with van der Waals surface area (Å²) in [6, 6.07) is 6.66. The molecule has 0 saturated carbocycles. The van der Waals surface area contributed by atoms with Gasteiger partial charge in [0.1, 0.15) is 5.54 Å². The SMILES string of the molecule is CCn1cc(C(=O)N[C@](C)(C(N)=O)c2cccc(Cl)c2)cn1. The largest absolute Gasteiger partial charge is 0.367 e. The van der Waals surface area contributed by atoms with E-state index in [1.54, 1.807) is 42.1 Å². The van der Waals surface area contributed by atoms with Crippen LogP contribution in [0.2, 0.25) is 5.02 Å². The molecule has 0 fully saturated rings. The van der Waals surface area contributed by atoms with Gasteiger partial charge in [-0.05, 0) is 31.5 Å². The molecule has 0 aliphatic rings. The van der Waals surface area contributed by atoms with Crippen molar-refractivity contribution < 1.29 is 9.59 Å². The van der Waals surface area contributed by atoms with Crippen LogP contribution in [0.5, 0.6) is 0 Å². The molecule has 3 N–H and O–H groups in total. The predicted molar refractivity (Wildman–Crippen MR) is 83.4 cm³/mol. The van der Waals surface area contributed by atoms with Crippen molar-refractivity contribution in [3.63, 3.8) is 0 Å². The predicted octanol–water partition coefficient (Wildman–Crippen LogP) is 1.69. The highest BCUT2D eigenvalue weighted by molar-refractivity contribution is 6.30. The van der Waals surface area contributed by atoms with Gasteiger partial charge in [-0.3, -0.25) is 14.3 Å². The number of hydrogen-bond acceptors (Lipinski definition) is 3. The number of rotatable bonds is 5. The van der Waals surface area contributed by atoms with Gasteiger partial charge in [-0.15, -0.1) is 0 Å². The van der Waals surface area contributed by atoms with Gasteiger partial charge in [-0.25, -0.2) is 0 Å². The second-order valence-electron chi connectivity index (χ2n) is 5.04. The van der Waals surface area contributed by atoms with Gasteiger partial charge in [-0.2, -0.15) is 5.10 Å². The molecule has 1 aromatic carbocycles. The van der Waals surface area contributed by atoms with E-state index in [-0.39, 0.29) is 0 Å². The number of carbonyl (C=O) groups is 2. The maximum absolute atomic E-state index is 12.3. The summed E-state index contributed by atoms with van der Waals surface area (Å²) in [6.07, 6.45) is 3.05. The summed E-state index contributed by atoms with van der Waals surface area (Å²) in [5, 5.41) is 7.16. The Balaban J connectivity index is 2.32. The van der Waals surface area contributed by atoms with Crippen LogP contribution in [-0.4, -0.2) is 21.6 Å². The number of nitrogens with one attached hydrogen (secondary N) is 1. The monoisotopic (exact) mass is 320 g/mol. The zero-order valence-corrected chi connectivity index (χ0v) is 13.1. The van der Waals surface area contributed by atoms with Crippen molar-refractivity contribution in [1.82, 2.24) is 15.1 Å². The number of primary amides is 1. The summed E-state index contributed by atoms with van der Waals surface area (Å²) in [5.41, 5.74) is 5.00. The van der Waals surface area contributed by atoms with Crippen LogP contribution in [0.15, 0.2) is 36.7 Å². The highest BCUT2D eigenvalue weighted by Crippen LogP contribution is 2.24. The lowest BCUT2D eigenvalue weighted by Crippen LogP contribution is -2.52. The molecular weight excluding hydrogens is 304 g/mol. The molecule has 1 atom stereocenters. The summed E-state index contributed by atoms with van der Waals surface area (Å²) < 4.78 is 1.62. The third-order valence-corrected chi connectivity index (χ3v) is 3.71. The van der Waals surface area contributed by atoms with E-state index in [9.17, 15) is 9.59 Å². The van der Waals surface area contributed by atoms with E-state index >= 15 is 0 Å². The molecule has 0 spiro atoms. The van der Waals surface area contributed by atoms with Crippen molar-refractivity contribution in [2.24, 2.45) is 5.73 Å². The molecule has 2 amide bonds. The summed E-state index contributed by atoms with van der Waals surface area (Å²) in [7, 11) is 0. The molecule has 0 radical (unpaired) electrons. The minimum absolute atomic E-state index is 0.358. The molecule has 0 saturated heterocycles. The first kappa shape index (κ1) is 16.0. The van der Waals surface area contributed by atoms with Gasteiger partial charge >= 0.3 is 0 Å². The Morgan fingerprint density at radius 2 is 2.18 bits per heavy atom. The maximum atomic E-state index is 12.3. The minimum atomic E-state index is -1.36. The molecule has 0 aliphatic carbocycles. The van der Waals surface area contributed by atoms with Gasteiger partial charge in [-0.1, -0.05) is 23.7 Å². The summed E-state index contributed by atoms with van der Waals surface area (Å²) in [4.78, 5) is 24.3. The first-order chi connectivity index (χ1) is 10.4. The van der Waals surface area contributed by atoms with E-state index in [4.69, 9.17) is 17.3 Å². The van der Waals surface area contributed by atoms with E-state index in [0.29, 0.717) is 22.7 Å².